The summed E-state index contributed by atoms with van der Waals surface area (Å²) in [5.74, 6) is -0.752. The second kappa shape index (κ2) is 6.29. The molecule has 2 rings (SSSR count). The van der Waals surface area contributed by atoms with Crippen LogP contribution in [0, 0.1) is 0 Å². The van der Waals surface area contributed by atoms with Crippen LogP contribution in [-0.2, 0) is 17.6 Å². The Kier molecular flexibility index (Phi) is 4.72. The number of aromatic nitrogens is 1. The minimum atomic E-state index is -0.752. The van der Waals surface area contributed by atoms with Gasteiger partial charge in [0.1, 0.15) is 0 Å². The van der Waals surface area contributed by atoms with E-state index in [1.807, 2.05) is 5.38 Å². The fourth-order valence-electron chi connectivity index (χ4n) is 2.54. The molecule has 0 radical (unpaired) electrons. The Morgan fingerprint density at radius 3 is 3.22 bits per heavy atom. The van der Waals surface area contributed by atoms with Gasteiger partial charge in [-0.05, 0) is 25.9 Å². The summed E-state index contributed by atoms with van der Waals surface area (Å²) >= 11 is 1.67. The van der Waals surface area contributed by atoms with E-state index >= 15 is 0 Å². The van der Waals surface area contributed by atoms with Crippen LogP contribution in [0.5, 0.6) is 0 Å². The third-order valence-electron chi connectivity index (χ3n) is 3.51. The van der Waals surface area contributed by atoms with E-state index < -0.39 is 5.97 Å². The van der Waals surface area contributed by atoms with Crippen molar-refractivity contribution in [3.63, 3.8) is 0 Å². The van der Waals surface area contributed by atoms with Crippen LogP contribution in [0.25, 0.3) is 0 Å². The summed E-state index contributed by atoms with van der Waals surface area (Å²) in [5.41, 5.74) is 0.929. The van der Waals surface area contributed by atoms with E-state index in [4.69, 9.17) is 5.11 Å². The molecule has 0 saturated carbocycles. The fraction of sp³-hybridized carbons (Fsp3) is 0.692. The van der Waals surface area contributed by atoms with Gasteiger partial charge in [0, 0.05) is 24.3 Å². The van der Waals surface area contributed by atoms with Crippen molar-refractivity contribution in [2.24, 2.45) is 0 Å². The molecule has 0 aliphatic carbocycles. The first-order chi connectivity index (χ1) is 8.69. The van der Waals surface area contributed by atoms with E-state index in [9.17, 15) is 4.79 Å². The van der Waals surface area contributed by atoms with Gasteiger partial charge in [-0.25, -0.2) is 4.98 Å². The number of hydrogen-bond donors (Lipinski definition) is 1. The number of aryl methyl sites for hydroxylation is 1. The monoisotopic (exact) mass is 268 g/mol. The topological polar surface area (TPSA) is 53.4 Å². The van der Waals surface area contributed by atoms with Crippen molar-refractivity contribution >= 4 is 17.3 Å². The highest BCUT2D eigenvalue weighted by Crippen LogP contribution is 2.22. The van der Waals surface area contributed by atoms with Crippen LogP contribution < -0.4 is 0 Å². The molecule has 1 atom stereocenters. The molecular weight excluding hydrogens is 248 g/mol. The summed E-state index contributed by atoms with van der Waals surface area (Å²) in [6.45, 7) is 4.53. The van der Waals surface area contributed by atoms with E-state index in [0.29, 0.717) is 12.5 Å². The molecule has 1 aliphatic heterocycles. The summed E-state index contributed by atoms with van der Waals surface area (Å²) in [4.78, 5) is 17.6. The van der Waals surface area contributed by atoms with Gasteiger partial charge in [0.05, 0.1) is 17.1 Å². The third kappa shape index (κ3) is 3.53. The van der Waals surface area contributed by atoms with Gasteiger partial charge in [-0.2, -0.15) is 0 Å². The number of likely N-dealkylation sites (N-methyl/N-ethyl adjacent to an activating group) is 1. The zero-order valence-corrected chi connectivity index (χ0v) is 11.6. The predicted octanol–water partition coefficient (Wildman–Crippen LogP) is 2.19. The largest absolute Gasteiger partial charge is 0.481 e. The molecule has 1 unspecified atom stereocenters. The molecule has 1 aromatic rings. The number of aliphatic carboxylic acids is 1. The van der Waals surface area contributed by atoms with E-state index in [1.165, 1.54) is 19.4 Å². The number of rotatable bonds is 6. The summed E-state index contributed by atoms with van der Waals surface area (Å²) in [7, 11) is 0. The average molecular weight is 268 g/mol. The van der Waals surface area contributed by atoms with Crippen LogP contribution in [0.4, 0.5) is 0 Å². The molecule has 0 amide bonds. The zero-order chi connectivity index (χ0) is 13.0. The highest BCUT2D eigenvalue weighted by Gasteiger charge is 2.24. The quantitative estimate of drug-likeness (QED) is 0.859. The van der Waals surface area contributed by atoms with Crippen molar-refractivity contribution in [1.29, 1.82) is 0 Å². The highest BCUT2D eigenvalue weighted by molar-refractivity contribution is 7.09. The summed E-state index contributed by atoms with van der Waals surface area (Å²) in [6, 6.07) is 0.633. The lowest BCUT2D eigenvalue weighted by Gasteiger charge is -2.21. The summed E-state index contributed by atoms with van der Waals surface area (Å²) in [5, 5.41) is 11.8. The van der Waals surface area contributed by atoms with Gasteiger partial charge in [0.15, 0.2) is 0 Å². The van der Waals surface area contributed by atoms with Gasteiger partial charge >= 0.3 is 5.97 Å². The number of likely N-dealkylation sites (tertiary alicyclic amines) is 1. The summed E-state index contributed by atoms with van der Waals surface area (Å²) in [6.07, 6.45) is 4.29. The number of hydrogen-bond acceptors (Lipinski definition) is 4. The van der Waals surface area contributed by atoms with Gasteiger partial charge in [0.2, 0.25) is 0 Å². The van der Waals surface area contributed by atoms with Crippen LogP contribution in [0.1, 0.15) is 36.9 Å². The van der Waals surface area contributed by atoms with Crippen molar-refractivity contribution in [1.82, 2.24) is 9.88 Å². The molecule has 18 heavy (non-hydrogen) atoms. The van der Waals surface area contributed by atoms with Crippen molar-refractivity contribution in [3.8, 4) is 0 Å². The number of nitrogens with zero attached hydrogens (tertiary/aromatic N) is 2. The first-order valence-corrected chi connectivity index (χ1v) is 7.46. The zero-order valence-electron chi connectivity index (χ0n) is 10.8. The van der Waals surface area contributed by atoms with Gasteiger partial charge in [-0.3, -0.25) is 4.79 Å². The van der Waals surface area contributed by atoms with Crippen molar-refractivity contribution < 1.29 is 9.90 Å². The summed E-state index contributed by atoms with van der Waals surface area (Å²) < 4.78 is 0. The van der Waals surface area contributed by atoms with Crippen molar-refractivity contribution in [2.45, 2.75) is 45.1 Å². The SMILES string of the molecule is CCN1CCCC1Cc1nc(CCC(=O)O)cs1. The van der Waals surface area contributed by atoms with Crippen LogP contribution in [0.3, 0.4) is 0 Å². The van der Waals surface area contributed by atoms with E-state index in [2.05, 4.69) is 16.8 Å². The Hall–Kier alpha value is -0.940. The lowest BCUT2D eigenvalue weighted by Crippen LogP contribution is -2.30. The standard InChI is InChI=1S/C13H20N2O2S/c1-2-15-7-3-4-11(15)8-12-14-10(9-18-12)5-6-13(16)17/h9,11H,2-8H2,1H3,(H,16,17). The lowest BCUT2D eigenvalue weighted by molar-refractivity contribution is -0.136. The van der Waals surface area contributed by atoms with Crippen LogP contribution in [0.15, 0.2) is 5.38 Å². The molecule has 2 heterocycles. The Bertz CT molecular complexity index is 405. The van der Waals surface area contributed by atoms with E-state index in [-0.39, 0.29) is 6.42 Å². The molecule has 1 N–H and O–H groups in total. The van der Waals surface area contributed by atoms with Gasteiger partial charge in [0.25, 0.3) is 0 Å². The lowest BCUT2D eigenvalue weighted by atomic mass is 10.1. The maximum atomic E-state index is 10.5. The number of carboxylic acid groups (broad SMARTS) is 1. The van der Waals surface area contributed by atoms with Gasteiger partial charge in [-0.15, -0.1) is 11.3 Å². The van der Waals surface area contributed by atoms with Gasteiger partial charge < -0.3 is 10.0 Å². The second-order valence-electron chi connectivity index (χ2n) is 4.76. The normalized spacial score (nSPS) is 20.4. The van der Waals surface area contributed by atoms with Crippen LogP contribution in [0.2, 0.25) is 0 Å². The van der Waals surface area contributed by atoms with Crippen molar-refractivity contribution in [2.75, 3.05) is 13.1 Å². The first kappa shape index (κ1) is 13.5. The Morgan fingerprint density at radius 1 is 1.67 bits per heavy atom. The molecular formula is C13H20N2O2S. The molecule has 1 fully saturated rings. The van der Waals surface area contributed by atoms with Gasteiger partial charge in [-0.1, -0.05) is 6.92 Å². The molecule has 1 aliphatic rings. The second-order valence-corrected chi connectivity index (χ2v) is 5.70. The van der Waals surface area contributed by atoms with E-state index in [0.717, 1.165) is 23.7 Å². The van der Waals surface area contributed by atoms with E-state index in [1.54, 1.807) is 11.3 Å². The molecule has 4 nitrogen and oxygen atoms in total. The van der Waals surface area contributed by atoms with Crippen LogP contribution >= 0.6 is 11.3 Å². The molecule has 0 bridgehead atoms. The molecule has 0 spiro atoms. The molecule has 5 heteroatoms. The molecule has 1 saturated heterocycles. The fourth-order valence-corrected chi connectivity index (χ4v) is 3.44. The molecule has 100 valence electrons. The van der Waals surface area contributed by atoms with Crippen molar-refractivity contribution in [3.05, 3.63) is 16.1 Å². The Morgan fingerprint density at radius 2 is 2.50 bits per heavy atom. The van der Waals surface area contributed by atoms with Crippen LogP contribution in [-0.4, -0.2) is 40.1 Å². The highest BCUT2D eigenvalue weighted by atomic mass is 32.1. The first-order valence-electron chi connectivity index (χ1n) is 6.58. The third-order valence-corrected chi connectivity index (χ3v) is 4.43. The number of carboxylic acids is 1. The Balaban J connectivity index is 1.88. The molecule has 0 aromatic carbocycles. The minimum absolute atomic E-state index is 0.174. The number of carbonyl (C=O) groups is 1. The average Bonchev–Trinajstić information content (AvgIpc) is 2.96. The Labute approximate surface area is 112 Å². The smallest absolute Gasteiger partial charge is 0.303 e. The maximum Gasteiger partial charge on any atom is 0.303 e. The minimum Gasteiger partial charge on any atom is -0.481 e. The number of thiazole rings is 1. The predicted molar refractivity (Wildman–Crippen MR) is 72.0 cm³/mol. The maximum absolute atomic E-state index is 10.5. The molecule has 1 aromatic heterocycles.